The number of hydrogen-bond donors (Lipinski definition) is 0. The molecule has 1 aliphatic rings. The van der Waals surface area contributed by atoms with Gasteiger partial charge >= 0.3 is 0 Å². The van der Waals surface area contributed by atoms with Crippen LogP contribution in [0.2, 0.25) is 0 Å². The van der Waals surface area contributed by atoms with Crippen LogP contribution in [-0.2, 0) is 0 Å². The molecule has 0 saturated heterocycles. The normalized spacial score (nSPS) is 28.4. The molecule has 0 radical (unpaired) electrons. The Hall–Kier alpha value is -0.560. The van der Waals surface area contributed by atoms with Gasteiger partial charge in [0.05, 0.1) is 5.92 Å². The van der Waals surface area contributed by atoms with Crippen molar-refractivity contribution in [1.82, 2.24) is 0 Å². The van der Waals surface area contributed by atoms with Crippen molar-refractivity contribution in [3.8, 4) is 0 Å². The zero-order chi connectivity index (χ0) is 6.69. The molecule has 0 amide bonds. The van der Waals surface area contributed by atoms with Gasteiger partial charge in [-0.2, -0.15) is 0 Å². The molecule has 1 aliphatic carbocycles. The van der Waals surface area contributed by atoms with Crippen molar-refractivity contribution in [2.45, 2.75) is 19.4 Å². The summed E-state index contributed by atoms with van der Waals surface area (Å²) in [4.78, 5) is 0. The third kappa shape index (κ3) is 1.68. The minimum atomic E-state index is 0.0474. The molecule has 2 unspecified atom stereocenters. The second kappa shape index (κ2) is 2.83. The van der Waals surface area contributed by atoms with Crippen molar-refractivity contribution in [3.05, 3.63) is 24.3 Å². The van der Waals surface area contributed by atoms with Crippen molar-refractivity contribution in [1.29, 1.82) is 0 Å². The van der Waals surface area contributed by atoms with Crippen LogP contribution in [0.15, 0.2) is 24.3 Å². The van der Waals surface area contributed by atoms with E-state index in [9.17, 15) is 0 Å². The van der Waals surface area contributed by atoms with E-state index in [1.54, 1.807) is 0 Å². The highest BCUT2D eigenvalue weighted by Crippen LogP contribution is 2.14. The molecule has 0 saturated carbocycles. The monoisotopic (exact) mass is 125 g/mol. The maximum Gasteiger partial charge on any atom is 0.157 e. The van der Waals surface area contributed by atoms with Gasteiger partial charge < -0.3 is 5.11 Å². The first-order chi connectivity index (χ1) is 4.30. The predicted molar refractivity (Wildman–Crippen MR) is 39.5 cm³/mol. The summed E-state index contributed by atoms with van der Waals surface area (Å²) in [7, 11) is 0. The van der Waals surface area contributed by atoms with Crippen molar-refractivity contribution in [2.24, 2.45) is 5.92 Å². The largest absolute Gasteiger partial charge is 0.443 e. The Bertz CT molecular complexity index is 134. The SMILES string of the molecule is CC([OH2+])C1C=CC=CC1. The average Bonchev–Trinajstić information content (AvgIpc) is 1.90. The van der Waals surface area contributed by atoms with Crippen LogP contribution in [0.4, 0.5) is 0 Å². The second-order valence-electron chi connectivity index (χ2n) is 2.50. The Labute approximate surface area is 55.7 Å². The van der Waals surface area contributed by atoms with Crippen LogP contribution in [0.1, 0.15) is 13.3 Å². The van der Waals surface area contributed by atoms with E-state index in [1.165, 1.54) is 0 Å². The molecular weight excluding hydrogens is 112 g/mol. The molecule has 0 aromatic rings. The van der Waals surface area contributed by atoms with Crippen molar-refractivity contribution in [2.75, 3.05) is 0 Å². The van der Waals surface area contributed by atoms with Gasteiger partial charge in [-0.05, 0) is 6.42 Å². The Morgan fingerprint density at radius 3 is 2.67 bits per heavy atom. The summed E-state index contributed by atoms with van der Waals surface area (Å²) in [6.45, 7) is 1.94. The lowest BCUT2D eigenvalue weighted by Gasteiger charge is -2.11. The molecule has 2 atom stereocenters. The van der Waals surface area contributed by atoms with Gasteiger partial charge in [-0.25, -0.2) is 0 Å². The van der Waals surface area contributed by atoms with Crippen molar-refractivity contribution >= 4 is 0 Å². The minimum absolute atomic E-state index is 0.0474. The highest BCUT2D eigenvalue weighted by atomic mass is 16.3. The van der Waals surface area contributed by atoms with E-state index in [2.05, 4.69) is 12.2 Å². The molecule has 0 heterocycles. The molecule has 0 aromatic heterocycles. The van der Waals surface area contributed by atoms with E-state index in [0.717, 1.165) is 6.42 Å². The molecule has 50 valence electrons. The Morgan fingerprint density at radius 1 is 1.56 bits per heavy atom. The Balaban J connectivity index is 2.46. The molecule has 0 fully saturated rings. The van der Waals surface area contributed by atoms with Gasteiger partial charge in [0.25, 0.3) is 0 Å². The quantitative estimate of drug-likeness (QED) is 0.470. The summed E-state index contributed by atoms with van der Waals surface area (Å²) in [6, 6.07) is 0. The summed E-state index contributed by atoms with van der Waals surface area (Å²) in [6.07, 6.45) is 9.39. The van der Waals surface area contributed by atoms with Gasteiger partial charge in [0.2, 0.25) is 0 Å². The third-order valence-corrected chi connectivity index (χ3v) is 1.66. The van der Waals surface area contributed by atoms with E-state index in [-0.39, 0.29) is 6.10 Å². The zero-order valence-electron chi connectivity index (χ0n) is 5.67. The molecular formula is C8H13O+. The molecule has 0 bridgehead atoms. The first kappa shape index (κ1) is 6.56. The predicted octanol–water partition coefficient (Wildman–Crippen LogP) is 1.23. The van der Waals surface area contributed by atoms with Gasteiger partial charge in [0, 0.05) is 6.92 Å². The molecule has 2 N–H and O–H groups in total. The molecule has 0 spiro atoms. The third-order valence-electron chi connectivity index (χ3n) is 1.66. The maximum atomic E-state index is 7.39. The molecule has 1 heteroatoms. The zero-order valence-corrected chi connectivity index (χ0v) is 5.67. The van der Waals surface area contributed by atoms with Crippen LogP contribution >= 0.6 is 0 Å². The first-order valence-electron chi connectivity index (χ1n) is 3.35. The van der Waals surface area contributed by atoms with Crippen LogP contribution < -0.4 is 0 Å². The van der Waals surface area contributed by atoms with Crippen molar-refractivity contribution < 1.29 is 5.11 Å². The van der Waals surface area contributed by atoms with E-state index in [0.29, 0.717) is 5.92 Å². The van der Waals surface area contributed by atoms with Crippen molar-refractivity contribution in [3.63, 3.8) is 0 Å². The smallest absolute Gasteiger partial charge is 0.157 e. The topological polar surface area (TPSA) is 22.9 Å². The van der Waals surface area contributed by atoms with Crippen LogP contribution in [0.25, 0.3) is 0 Å². The average molecular weight is 125 g/mol. The molecule has 9 heavy (non-hydrogen) atoms. The summed E-state index contributed by atoms with van der Waals surface area (Å²) < 4.78 is 0. The summed E-state index contributed by atoms with van der Waals surface area (Å²) >= 11 is 0. The van der Waals surface area contributed by atoms with Gasteiger partial charge in [0.1, 0.15) is 0 Å². The van der Waals surface area contributed by atoms with Crippen LogP contribution in [-0.4, -0.2) is 11.2 Å². The molecule has 0 aliphatic heterocycles. The second-order valence-corrected chi connectivity index (χ2v) is 2.50. The first-order valence-corrected chi connectivity index (χ1v) is 3.35. The van der Waals surface area contributed by atoms with Gasteiger partial charge in [-0.1, -0.05) is 24.3 Å². The number of allylic oxidation sites excluding steroid dienone is 3. The fourth-order valence-corrected chi connectivity index (χ4v) is 0.970. The number of hydrogen-bond acceptors (Lipinski definition) is 0. The summed E-state index contributed by atoms with van der Waals surface area (Å²) in [5.41, 5.74) is 0. The summed E-state index contributed by atoms with van der Waals surface area (Å²) in [5, 5.41) is 7.39. The maximum absolute atomic E-state index is 7.39. The molecule has 1 rings (SSSR count). The van der Waals surface area contributed by atoms with E-state index >= 15 is 0 Å². The van der Waals surface area contributed by atoms with Gasteiger partial charge in [0.15, 0.2) is 6.10 Å². The number of rotatable bonds is 1. The summed E-state index contributed by atoms with van der Waals surface area (Å²) in [5.74, 6) is 0.454. The van der Waals surface area contributed by atoms with Crippen LogP contribution in [0, 0.1) is 5.92 Å². The highest BCUT2D eigenvalue weighted by Gasteiger charge is 2.14. The Morgan fingerprint density at radius 2 is 2.33 bits per heavy atom. The lowest BCUT2D eigenvalue weighted by Crippen LogP contribution is -2.14. The lowest BCUT2D eigenvalue weighted by molar-refractivity contribution is 0.149. The van der Waals surface area contributed by atoms with Crippen LogP contribution in [0.3, 0.4) is 0 Å². The lowest BCUT2D eigenvalue weighted by atomic mass is 9.96. The fourth-order valence-electron chi connectivity index (χ4n) is 0.970. The fraction of sp³-hybridized carbons (Fsp3) is 0.500. The van der Waals surface area contributed by atoms with Gasteiger partial charge in [-0.15, -0.1) is 0 Å². The molecule has 0 aromatic carbocycles. The van der Waals surface area contributed by atoms with E-state index in [1.807, 2.05) is 19.1 Å². The van der Waals surface area contributed by atoms with E-state index in [4.69, 9.17) is 5.11 Å². The van der Waals surface area contributed by atoms with E-state index < -0.39 is 0 Å². The Kier molecular flexibility index (Phi) is 2.06. The van der Waals surface area contributed by atoms with Crippen LogP contribution in [0.5, 0.6) is 0 Å². The highest BCUT2D eigenvalue weighted by molar-refractivity contribution is 5.11. The minimum Gasteiger partial charge on any atom is -0.443 e. The standard InChI is InChI=1S/C8H12O/c1-7(9)8-5-3-2-4-6-8/h2-5,7-9H,6H2,1H3/p+1. The molecule has 1 nitrogen and oxygen atoms in total. The van der Waals surface area contributed by atoms with Gasteiger partial charge in [-0.3, -0.25) is 0 Å².